The molecule has 136 valence electrons. The summed E-state index contributed by atoms with van der Waals surface area (Å²) in [7, 11) is -3.63. The summed E-state index contributed by atoms with van der Waals surface area (Å²) >= 11 is 0. The van der Waals surface area contributed by atoms with E-state index in [0.29, 0.717) is 12.3 Å². The van der Waals surface area contributed by atoms with Gasteiger partial charge in [0.15, 0.2) is 0 Å². The molecule has 0 saturated carbocycles. The van der Waals surface area contributed by atoms with E-state index in [2.05, 4.69) is 5.32 Å². The topological polar surface area (TPSA) is 68.5 Å². The lowest BCUT2D eigenvalue weighted by molar-refractivity contribution is 0.242. The van der Waals surface area contributed by atoms with Crippen LogP contribution < -0.4 is 10.1 Å². The van der Waals surface area contributed by atoms with E-state index in [1.807, 2.05) is 13.8 Å². The summed E-state index contributed by atoms with van der Waals surface area (Å²) in [6, 6.07) is 11.7. The van der Waals surface area contributed by atoms with Crippen molar-refractivity contribution < 1.29 is 17.6 Å². The van der Waals surface area contributed by atoms with Crippen LogP contribution in [0.1, 0.15) is 25.2 Å². The Morgan fingerprint density at radius 3 is 2.73 bits per heavy atom. The lowest BCUT2D eigenvalue weighted by Gasteiger charge is -2.12. The van der Waals surface area contributed by atoms with Crippen molar-refractivity contribution in [1.29, 1.82) is 0 Å². The number of rotatable bonds is 4. The molecule has 2 heterocycles. The molecule has 2 aromatic carbocycles. The van der Waals surface area contributed by atoms with Gasteiger partial charge in [-0.3, -0.25) is 0 Å². The van der Waals surface area contributed by atoms with Crippen LogP contribution in [0.4, 0.5) is 0 Å². The summed E-state index contributed by atoms with van der Waals surface area (Å²) in [5.74, 6) is 1.45. The highest BCUT2D eigenvalue weighted by atomic mass is 32.2. The van der Waals surface area contributed by atoms with Crippen LogP contribution in [-0.2, 0) is 22.8 Å². The molecule has 1 N–H and O–H groups in total. The molecule has 0 aliphatic carbocycles. The van der Waals surface area contributed by atoms with E-state index in [1.54, 1.807) is 42.5 Å². The molecule has 0 saturated heterocycles. The summed E-state index contributed by atoms with van der Waals surface area (Å²) in [6.45, 7) is 5.37. The summed E-state index contributed by atoms with van der Waals surface area (Å²) in [6.07, 6.45) is 0.819. The first-order valence-electron chi connectivity index (χ1n) is 8.72. The van der Waals surface area contributed by atoms with Gasteiger partial charge >= 0.3 is 0 Å². The Kier molecular flexibility index (Phi) is 4.25. The lowest BCUT2D eigenvalue weighted by atomic mass is 10.1. The summed E-state index contributed by atoms with van der Waals surface area (Å²) < 4.78 is 37.7. The van der Waals surface area contributed by atoms with Gasteiger partial charge in [-0.2, -0.15) is 0 Å². The number of nitrogens with one attached hydrogen (secondary N) is 1. The van der Waals surface area contributed by atoms with Crippen LogP contribution in [0.15, 0.2) is 56.7 Å². The molecule has 1 aliphatic rings. The average molecular weight is 371 g/mol. The molecule has 0 fully saturated rings. The maximum Gasteiger partial charge on any atom is 0.206 e. The van der Waals surface area contributed by atoms with Gasteiger partial charge in [0.2, 0.25) is 9.84 Å². The molecule has 1 aromatic heterocycles. The van der Waals surface area contributed by atoms with E-state index >= 15 is 0 Å². The van der Waals surface area contributed by atoms with Gasteiger partial charge in [-0.25, -0.2) is 8.42 Å². The first kappa shape index (κ1) is 17.1. The van der Waals surface area contributed by atoms with E-state index in [4.69, 9.17) is 9.15 Å². The smallest absolute Gasteiger partial charge is 0.206 e. The highest BCUT2D eigenvalue weighted by Crippen LogP contribution is 2.32. The van der Waals surface area contributed by atoms with Crippen molar-refractivity contribution in [3.63, 3.8) is 0 Å². The van der Waals surface area contributed by atoms with Crippen LogP contribution in [0, 0.1) is 0 Å². The van der Waals surface area contributed by atoms with Crippen molar-refractivity contribution in [1.82, 2.24) is 5.32 Å². The number of sulfone groups is 1. The van der Waals surface area contributed by atoms with Crippen LogP contribution in [0.3, 0.4) is 0 Å². The molecule has 0 amide bonds. The van der Waals surface area contributed by atoms with Crippen LogP contribution in [-0.4, -0.2) is 21.1 Å². The minimum absolute atomic E-state index is 0.0182. The monoisotopic (exact) mass is 371 g/mol. The molecule has 6 heteroatoms. The van der Waals surface area contributed by atoms with E-state index < -0.39 is 9.84 Å². The largest absolute Gasteiger partial charge is 0.491 e. The zero-order valence-corrected chi connectivity index (χ0v) is 15.6. The van der Waals surface area contributed by atoms with Crippen molar-refractivity contribution in [2.45, 2.75) is 42.7 Å². The fraction of sp³-hybridized carbons (Fsp3) is 0.300. The summed E-state index contributed by atoms with van der Waals surface area (Å²) in [5, 5.41) is 4.15. The van der Waals surface area contributed by atoms with E-state index in [0.717, 1.165) is 35.3 Å². The third-order valence-electron chi connectivity index (χ3n) is 4.48. The molecule has 0 spiro atoms. The van der Waals surface area contributed by atoms with E-state index in [-0.39, 0.29) is 15.9 Å². The summed E-state index contributed by atoms with van der Waals surface area (Å²) in [5.41, 5.74) is 1.84. The van der Waals surface area contributed by atoms with Crippen LogP contribution in [0.5, 0.6) is 5.75 Å². The molecule has 26 heavy (non-hydrogen) atoms. The maximum absolute atomic E-state index is 13.1. The molecule has 1 aliphatic heterocycles. The highest BCUT2D eigenvalue weighted by molar-refractivity contribution is 7.91. The highest BCUT2D eigenvalue weighted by Gasteiger charge is 2.22. The van der Waals surface area contributed by atoms with Gasteiger partial charge in [-0.1, -0.05) is 6.07 Å². The first-order valence-corrected chi connectivity index (χ1v) is 10.2. The number of ether oxygens (including phenoxy) is 1. The third kappa shape index (κ3) is 2.99. The molecular weight excluding hydrogens is 350 g/mol. The molecule has 0 unspecified atom stereocenters. The second-order valence-electron chi connectivity index (χ2n) is 6.73. The Labute approximate surface area is 152 Å². The van der Waals surface area contributed by atoms with Crippen molar-refractivity contribution in [2.24, 2.45) is 0 Å². The number of hydrogen-bond acceptors (Lipinski definition) is 5. The van der Waals surface area contributed by atoms with Gasteiger partial charge < -0.3 is 14.5 Å². The zero-order chi connectivity index (χ0) is 18.3. The van der Waals surface area contributed by atoms with Crippen molar-refractivity contribution in [2.75, 3.05) is 6.54 Å². The predicted molar refractivity (Wildman–Crippen MR) is 99.3 cm³/mol. The molecule has 3 aromatic rings. The average Bonchev–Trinajstić information content (AvgIpc) is 2.99. The zero-order valence-electron chi connectivity index (χ0n) is 14.8. The number of fused-ring (bicyclic) bond motifs is 3. The Hall–Kier alpha value is -2.31. The van der Waals surface area contributed by atoms with E-state index in [1.165, 1.54) is 0 Å². The molecule has 0 bridgehead atoms. The minimum atomic E-state index is -3.63. The SMILES string of the molecule is CC(C)Oc1cccc(S(=O)(=O)c2ccc3oc4c(c3c2)CCNC4)c1. The van der Waals surface area contributed by atoms with E-state index in [9.17, 15) is 8.42 Å². The molecule has 5 nitrogen and oxygen atoms in total. The van der Waals surface area contributed by atoms with Gasteiger partial charge in [0.1, 0.15) is 17.1 Å². The van der Waals surface area contributed by atoms with Gasteiger partial charge in [0.05, 0.1) is 22.4 Å². The van der Waals surface area contributed by atoms with Crippen molar-refractivity contribution >= 4 is 20.8 Å². The molecule has 0 atom stereocenters. The summed E-state index contributed by atoms with van der Waals surface area (Å²) in [4.78, 5) is 0.503. The standard InChI is InChI=1S/C20H21NO4S/c1-13(2)24-14-4-3-5-15(10-14)26(22,23)16-6-7-19-18(11-16)17-8-9-21-12-20(17)25-19/h3-7,10-11,13,21H,8-9,12H2,1-2H3. The number of hydrogen-bond donors (Lipinski definition) is 1. The van der Waals surface area contributed by atoms with Gasteiger partial charge in [-0.05, 0) is 63.2 Å². The fourth-order valence-corrected chi connectivity index (χ4v) is 4.62. The second kappa shape index (κ2) is 6.45. The third-order valence-corrected chi connectivity index (χ3v) is 6.23. The van der Waals surface area contributed by atoms with Crippen LogP contribution in [0.25, 0.3) is 11.0 Å². The second-order valence-corrected chi connectivity index (χ2v) is 8.68. The first-order chi connectivity index (χ1) is 12.4. The Morgan fingerprint density at radius 2 is 1.92 bits per heavy atom. The molecule has 0 radical (unpaired) electrons. The van der Waals surface area contributed by atoms with Gasteiger partial charge in [0, 0.05) is 10.9 Å². The lowest BCUT2D eigenvalue weighted by Crippen LogP contribution is -2.22. The normalized spacial score (nSPS) is 14.6. The Bertz CT molecular complexity index is 1070. The minimum Gasteiger partial charge on any atom is -0.491 e. The fourth-order valence-electron chi connectivity index (χ4n) is 3.30. The Morgan fingerprint density at radius 1 is 1.12 bits per heavy atom. The van der Waals surface area contributed by atoms with Crippen LogP contribution in [0.2, 0.25) is 0 Å². The van der Waals surface area contributed by atoms with Crippen molar-refractivity contribution in [3.8, 4) is 5.75 Å². The number of benzene rings is 2. The molecule has 4 rings (SSSR count). The Balaban J connectivity index is 1.78. The predicted octanol–water partition coefficient (Wildman–Crippen LogP) is 3.70. The van der Waals surface area contributed by atoms with Gasteiger partial charge in [-0.15, -0.1) is 0 Å². The maximum atomic E-state index is 13.1. The van der Waals surface area contributed by atoms with Crippen LogP contribution >= 0.6 is 0 Å². The quantitative estimate of drug-likeness (QED) is 0.757. The van der Waals surface area contributed by atoms with Crippen molar-refractivity contribution in [3.05, 3.63) is 53.8 Å². The van der Waals surface area contributed by atoms with Gasteiger partial charge in [0.25, 0.3) is 0 Å². The number of furan rings is 1. The molecular formula is C20H21NO4S.